The van der Waals surface area contributed by atoms with E-state index in [1.165, 1.54) is 6.07 Å². The van der Waals surface area contributed by atoms with Crippen molar-refractivity contribution in [3.63, 3.8) is 0 Å². The summed E-state index contributed by atoms with van der Waals surface area (Å²) in [5.41, 5.74) is 2.84. The minimum Gasteiger partial charge on any atom is -0.392 e. The fourth-order valence-electron chi connectivity index (χ4n) is 5.00. The average Bonchev–Trinajstić information content (AvgIpc) is 2.70. The fraction of sp³-hybridized carbons (Fsp3) is 0.458. The molecule has 1 aliphatic heterocycles. The van der Waals surface area contributed by atoms with Crippen molar-refractivity contribution in [2.24, 2.45) is 0 Å². The molecule has 0 amide bonds. The van der Waals surface area contributed by atoms with Gasteiger partial charge in [-0.05, 0) is 81.8 Å². The first-order valence-corrected chi connectivity index (χ1v) is 10.7. The third-order valence-electron chi connectivity index (χ3n) is 6.12. The number of hydrogen-bond acceptors (Lipinski definition) is 6. The number of hydrogen-bond donors (Lipinski definition) is 3. The average molecular weight is 458 g/mol. The molecule has 2 aromatic heterocycles. The zero-order valence-corrected chi connectivity index (χ0v) is 20.1. The van der Waals surface area contributed by atoms with E-state index < -0.39 is 0 Å². The number of aliphatic hydroxyl groups is 1. The second-order valence-corrected chi connectivity index (χ2v) is 9.92. The number of nitrogens with zero attached hydrogens (tertiary/aromatic N) is 3. The number of piperidine rings is 1. The summed E-state index contributed by atoms with van der Waals surface area (Å²) < 4.78 is 0. The van der Waals surface area contributed by atoms with Gasteiger partial charge in [-0.25, -0.2) is 0 Å². The summed E-state index contributed by atoms with van der Waals surface area (Å²) in [7, 11) is 2.08. The van der Waals surface area contributed by atoms with Gasteiger partial charge < -0.3 is 20.3 Å². The first kappa shape index (κ1) is 24.2. The molecule has 7 nitrogen and oxygen atoms in total. The molecule has 3 heterocycles. The van der Waals surface area contributed by atoms with Crippen LogP contribution in [0.2, 0.25) is 0 Å². The molecule has 1 aliphatic rings. The maximum absolute atomic E-state index is 11.6. The number of aromatic amines is 1. The number of anilines is 1. The van der Waals surface area contributed by atoms with Gasteiger partial charge in [-0.15, -0.1) is 22.6 Å². The Morgan fingerprint density at radius 3 is 2.34 bits per heavy atom. The first-order chi connectivity index (χ1) is 14.6. The number of H-pyrrole nitrogens is 1. The summed E-state index contributed by atoms with van der Waals surface area (Å²) in [6, 6.07) is 11.3. The number of aromatic nitrogens is 3. The van der Waals surface area contributed by atoms with Crippen LogP contribution in [-0.4, -0.2) is 44.5 Å². The Labute approximate surface area is 194 Å². The van der Waals surface area contributed by atoms with E-state index in [0.717, 1.165) is 29.6 Å². The number of fused-ring (bicyclic) bond motifs is 1. The van der Waals surface area contributed by atoms with Crippen molar-refractivity contribution in [3.05, 3.63) is 52.3 Å². The van der Waals surface area contributed by atoms with Crippen LogP contribution in [0, 0.1) is 0 Å². The molecular weight excluding hydrogens is 426 g/mol. The fourth-order valence-corrected chi connectivity index (χ4v) is 5.00. The zero-order chi connectivity index (χ0) is 22.4. The molecule has 0 radical (unpaired) electrons. The van der Waals surface area contributed by atoms with Gasteiger partial charge in [-0.3, -0.25) is 4.79 Å². The Morgan fingerprint density at radius 1 is 1.06 bits per heavy atom. The van der Waals surface area contributed by atoms with E-state index in [0.29, 0.717) is 22.8 Å². The van der Waals surface area contributed by atoms with Crippen molar-refractivity contribution in [2.45, 2.75) is 64.3 Å². The Balaban J connectivity index is 0.00000289. The summed E-state index contributed by atoms with van der Waals surface area (Å²) in [5, 5.41) is 23.5. The van der Waals surface area contributed by atoms with Gasteiger partial charge in [0.1, 0.15) is 0 Å². The highest BCUT2D eigenvalue weighted by molar-refractivity contribution is 5.86. The van der Waals surface area contributed by atoms with Crippen molar-refractivity contribution in [3.8, 4) is 11.3 Å². The maximum atomic E-state index is 11.6. The topological polar surface area (TPSA) is 94.1 Å². The molecule has 4 rings (SSSR count). The predicted octanol–water partition coefficient (Wildman–Crippen LogP) is 3.64. The Morgan fingerprint density at radius 2 is 1.75 bits per heavy atom. The molecule has 3 aromatic rings. The van der Waals surface area contributed by atoms with Crippen LogP contribution in [0.15, 0.2) is 41.2 Å². The summed E-state index contributed by atoms with van der Waals surface area (Å²) in [6.45, 7) is 8.82. The second-order valence-electron chi connectivity index (χ2n) is 9.92. The van der Waals surface area contributed by atoms with Gasteiger partial charge >= 0.3 is 0 Å². The van der Waals surface area contributed by atoms with Crippen molar-refractivity contribution in [1.29, 1.82) is 0 Å². The van der Waals surface area contributed by atoms with Gasteiger partial charge in [0.15, 0.2) is 5.82 Å². The smallest absolute Gasteiger partial charge is 0.248 e. The largest absolute Gasteiger partial charge is 0.392 e. The molecule has 0 saturated carbocycles. The molecule has 1 saturated heterocycles. The van der Waals surface area contributed by atoms with E-state index in [1.807, 2.05) is 18.2 Å². The molecule has 3 N–H and O–H groups in total. The maximum Gasteiger partial charge on any atom is 0.248 e. The highest BCUT2D eigenvalue weighted by Crippen LogP contribution is 2.33. The Hall–Kier alpha value is -2.48. The van der Waals surface area contributed by atoms with Crippen molar-refractivity contribution in [2.75, 3.05) is 11.9 Å². The van der Waals surface area contributed by atoms with Crippen LogP contribution in [0.3, 0.4) is 0 Å². The summed E-state index contributed by atoms with van der Waals surface area (Å²) in [4.78, 5) is 16.6. The summed E-state index contributed by atoms with van der Waals surface area (Å²) in [6.07, 6.45) is 2.04. The number of pyridine rings is 1. The first-order valence-electron chi connectivity index (χ1n) is 10.7. The van der Waals surface area contributed by atoms with Gasteiger partial charge in [0.25, 0.3) is 0 Å². The monoisotopic (exact) mass is 457 g/mol. The lowest BCUT2D eigenvalue weighted by Crippen LogP contribution is -2.62. The minimum absolute atomic E-state index is 0. The highest BCUT2D eigenvalue weighted by Gasteiger charge is 2.39. The van der Waals surface area contributed by atoms with Gasteiger partial charge in [0, 0.05) is 41.3 Å². The summed E-state index contributed by atoms with van der Waals surface area (Å²) in [5.74, 6) is 0.831. The molecule has 0 unspecified atom stereocenters. The minimum atomic E-state index is -0.166. The molecular formula is C24H32ClN5O2. The standard InChI is InChI=1S/C24H31N5O2.ClH/c1-23(2)12-17(13-24(3,4)28-23)29(5)21-8-7-19(26-27-21)18-10-15-6-9-22(31)25-20(15)11-16(18)14-30;/h6-11,17,28,30H,12-14H2,1-5H3,(H,25,31);1H. The molecule has 0 bridgehead atoms. The third kappa shape index (κ3) is 4.95. The summed E-state index contributed by atoms with van der Waals surface area (Å²) >= 11 is 0. The number of rotatable bonds is 4. The molecule has 172 valence electrons. The Bertz CT molecular complexity index is 1140. The molecule has 0 aliphatic carbocycles. The SMILES string of the molecule is CN(c1ccc(-c2cc3ccc(=O)[nH]c3cc2CO)nn1)C1CC(C)(C)NC(C)(C)C1.Cl. The van der Waals surface area contributed by atoms with Gasteiger partial charge in [-0.2, -0.15) is 0 Å². The lowest BCUT2D eigenvalue weighted by molar-refractivity contribution is 0.160. The van der Waals surface area contributed by atoms with E-state index in [-0.39, 0.29) is 35.7 Å². The van der Waals surface area contributed by atoms with Crippen LogP contribution in [0.5, 0.6) is 0 Å². The lowest BCUT2D eigenvalue weighted by atomic mass is 9.79. The molecule has 32 heavy (non-hydrogen) atoms. The quantitative estimate of drug-likeness (QED) is 0.553. The van der Waals surface area contributed by atoms with Gasteiger partial charge in [0.2, 0.25) is 5.56 Å². The number of halogens is 1. The zero-order valence-electron chi connectivity index (χ0n) is 19.3. The molecule has 0 spiro atoms. The predicted molar refractivity (Wildman–Crippen MR) is 131 cm³/mol. The van der Waals surface area contributed by atoms with Gasteiger partial charge in [-0.1, -0.05) is 0 Å². The van der Waals surface area contributed by atoms with Crippen LogP contribution >= 0.6 is 12.4 Å². The van der Waals surface area contributed by atoms with Crippen LogP contribution < -0.4 is 15.8 Å². The lowest BCUT2D eigenvalue weighted by Gasteiger charge is -2.49. The van der Waals surface area contributed by atoms with Crippen molar-refractivity contribution >= 4 is 29.1 Å². The molecule has 8 heteroatoms. The highest BCUT2D eigenvalue weighted by atomic mass is 35.5. The van der Waals surface area contributed by atoms with E-state index >= 15 is 0 Å². The van der Waals surface area contributed by atoms with E-state index in [1.54, 1.807) is 12.1 Å². The number of aliphatic hydroxyl groups excluding tert-OH is 1. The Kier molecular flexibility index (Phi) is 6.65. The third-order valence-corrected chi connectivity index (χ3v) is 6.12. The van der Waals surface area contributed by atoms with Crippen LogP contribution in [0.4, 0.5) is 5.82 Å². The second kappa shape index (κ2) is 8.81. The van der Waals surface area contributed by atoms with E-state index in [4.69, 9.17) is 0 Å². The molecule has 1 aromatic carbocycles. The van der Waals surface area contributed by atoms with Gasteiger partial charge in [0.05, 0.1) is 12.3 Å². The molecule has 0 atom stereocenters. The number of benzene rings is 1. The van der Waals surface area contributed by atoms with Crippen LogP contribution in [-0.2, 0) is 6.61 Å². The van der Waals surface area contributed by atoms with E-state index in [9.17, 15) is 9.90 Å². The van der Waals surface area contributed by atoms with E-state index in [2.05, 4.69) is 60.1 Å². The van der Waals surface area contributed by atoms with Crippen molar-refractivity contribution in [1.82, 2.24) is 20.5 Å². The van der Waals surface area contributed by atoms with Crippen LogP contribution in [0.1, 0.15) is 46.1 Å². The van der Waals surface area contributed by atoms with Crippen LogP contribution in [0.25, 0.3) is 22.2 Å². The van der Waals surface area contributed by atoms with Crippen molar-refractivity contribution < 1.29 is 5.11 Å². The number of nitrogens with one attached hydrogen (secondary N) is 2. The normalized spacial score (nSPS) is 17.7. The molecule has 1 fully saturated rings.